The number of likely N-dealkylation sites (tertiary alicyclic amines) is 1. The quantitative estimate of drug-likeness (QED) is 0.509. The fraction of sp³-hybridized carbons (Fsp3) is 0.500. The molecule has 0 radical (unpaired) electrons. The lowest BCUT2D eigenvalue weighted by molar-refractivity contribution is -0.384. The van der Waals surface area contributed by atoms with Crippen LogP contribution in [0.25, 0.3) is 0 Å². The summed E-state index contributed by atoms with van der Waals surface area (Å²) in [5, 5.41) is 11.1. The maximum absolute atomic E-state index is 12.1. The number of rotatable bonds is 5. The molecule has 0 atom stereocenters. The van der Waals surface area contributed by atoms with Crippen molar-refractivity contribution in [2.24, 2.45) is 0 Å². The molecule has 4 rings (SSSR count). The number of benzene rings is 1. The Balaban J connectivity index is 1.45. The van der Waals surface area contributed by atoms with Gasteiger partial charge in [-0.1, -0.05) is 0 Å². The minimum Gasteiger partial charge on any atom is -0.474 e. The van der Waals surface area contributed by atoms with Gasteiger partial charge in [-0.3, -0.25) is 10.1 Å². The molecule has 2 aromatic rings. The number of hydrogen-bond donors (Lipinski definition) is 0. The van der Waals surface area contributed by atoms with Gasteiger partial charge in [-0.2, -0.15) is 0 Å². The van der Waals surface area contributed by atoms with Crippen LogP contribution in [-0.2, 0) is 11.2 Å². The van der Waals surface area contributed by atoms with Gasteiger partial charge in [-0.25, -0.2) is 14.8 Å². The molecule has 2 aliphatic rings. The molecule has 0 bridgehead atoms. The molecular formula is C22H27N5O5. The molecule has 1 aromatic heterocycles. The van der Waals surface area contributed by atoms with Gasteiger partial charge in [-0.15, -0.1) is 0 Å². The Hall–Kier alpha value is -3.43. The van der Waals surface area contributed by atoms with Crippen LogP contribution in [0.5, 0.6) is 5.88 Å². The minimum atomic E-state index is -0.376. The number of nitro benzene ring substituents is 1. The van der Waals surface area contributed by atoms with Crippen molar-refractivity contribution < 1.29 is 19.2 Å². The van der Waals surface area contributed by atoms with E-state index in [1.807, 2.05) is 25.7 Å². The molecule has 170 valence electrons. The zero-order valence-electron chi connectivity index (χ0n) is 18.5. The van der Waals surface area contributed by atoms with Crippen LogP contribution in [-0.4, -0.2) is 57.7 Å². The van der Waals surface area contributed by atoms with E-state index in [4.69, 9.17) is 9.47 Å². The van der Waals surface area contributed by atoms with E-state index in [1.165, 1.54) is 12.4 Å². The average molecular weight is 441 g/mol. The van der Waals surface area contributed by atoms with Crippen LogP contribution in [0.15, 0.2) is 24.5 Å². The van der Waals surface area contributed by atoms with E-state index in [1.54, 1.807) is 17.0 Å². The monoisotopic (exact) mass is 441 g/mol. The van der Waals surface area contributed by atoms with Crippen LogP contribution < -0.4 is 9.64 Å². The highest BCUT2D eigenvalue weighted by molar-refractivity contribution is 5.71. The average Bonchev–Trinajstić information content (AvgIpc) is 3.18. The SMILES string of the molecule is Cc1c(OC2CCN(C(=O)OC(C)C)CC2)ncnc1N1CCc2cc([N+](=O)[O-])ccc21. The second-order valence-electron chi connectivity index (χ2n) is 8.34. The molecule has 3 heterocycles. The Morgan fingerprint density at radius 3 is 2.66 bits per heavy atom. The maximum atomic E-state index is 12.1. The van der Waals surface area contributed by atoms with Crippen LogP contribution in [0, 0.1) is 17.0 Å². The first-order valence-electron chi connectivity index (χ1n) is 10.8. The van der Waals surface area contributed by atoms with E-state index < -0.39 is 0 Å². The molecule has 1 saturated heterocycles. The van der Waals surface area contributed by atoms with Gasteiger partial charge in [0.25, 0.3) is 5.69 Å². The molecule has 1 amide bonds. The van der Waals surface area contributed by atoms with Gasteiger partial charge in [0.1, 0.15) is 18.2 Å². The number of hydrogen-bond acceptors (Lipinski definition) is 8. The summed E-state index contributed by atoms with van der Waals surface area (Å²) < 4.78 is 11.5. The van der Waals surface area contributed by atoms with Crippen LogP contribution in [0.3, 0.4) is 0 Å². The molecule has 0 aliphatic carbocycles. The second-order valence-corrected chi connectivity index (χ2v) is 8.34. The normalized spacial score (nSPS) is 16.2. The lowest BCUT2D eigenvalue weighted by atomic mass is 10.1. The summed E-state index contributed by atoms with van der Waals surface area (Å²) in [7, 11) is 0. The van der Waals surface area contributed by atoms with Crippen molar-refractivity contribution in [1.82, 2.24) is 14.9 Å². The van der Waals surface area contributed by atoms with Crippen LogP contribution in [0.4, 0.5) is 22.0 Å². The van der Waals surface area contributed by atoms with Gasteiger partial charge < -0.3 is 19.3 Å². The molecule has 10 heteroatoms. The second kappa shape index (κ2) is 8.97. The number of amides is 1. The minimum absolute atomic E-state index is 0.0481. The molecule has 32 heavy (non-hydrogen) atoms. The Morgan fingerprint density at radius 1 is 1.22 bits per heavy atom. The topological polar surface area (TPSA) is 111 Å². The zero-order valence-corrected chi connectivity index (χ0v) is 18.5. The summed E-state index contributed by atoms with van der Waals surface area (Å²) >= 11 is 0. The van der Waals surface area contributed by atoms with Gasteiger partial charge in [0.2, 0.25) is 5.88 Å². The van der Waals surface area contributed by atoms with Gasteiger partial charge >= 0.3 is 6.09 Å². The molecule has 1 fully saturated rings. The summed E-state index contributed by atoms with van der Waals surface area (Å²) in [6.07, 6.45) is 3.11. The fourth-order valence-electron chi connectivity index (χ4n) is 4.13. The van der Waals surface area contributed by atoms with Crippen molar-refractivity contribution in [3.63, 3.8) is 0 Å². The molecule has 0 unspecified atom stereocenters. The fourth-order valence-corrected chi connectivity index (χ4v) is 4.13. The van der Waals surface area contributed by atoms with E-state index >= 15 is 0 Å². The number of piperidine rings is 1. The van der Waals surface area contributed by atoms with Crippen molar-refractivity contribution >= 4 is 23.3 Å². The number of nitro groups is 1. The molecule has 0 N–H and O–H groups in total. The van der Waals surface area contributed by atoms with E-state index in [-0.39, 0.29) is 28.9 Å². The highest BCUT2D eigenvalue weighted by Crippen LogP contribution is 2.38. The highest BCUT2D eigenvalue weighted by Gasteiger charge is 2.29. The third kappa shape index (κ3) is 4.44. The largest absolute Gasteiger partial charge is 0.474 e. The predicted molar refractivity (Wildman–Crippen MR) is 117 cm³/mol. The number of aromatic nitrogens is 2. The van der Waals surface area contributed by atoms with E-state index in [0.29, 0.717) is 44.8 Å². The number of carbonyl (C=O) groups is 1. The summed E-state index contributed by atoms with van der Waals surface area (Å²) in [6, 6.07) is 4.92. The smallest absolute Gasteiger partial charge is 0.410 e. The third-order valence-corrected chi connectivity index (χ3v) is 5.75. The van der Waals surface area contributed by atoms with Crippen molar-refractivity contribution in [2.45, 2.75) is 52.2 Å². The third-order valence-electron chi connectivity index (χ3n) is 5.75. The molecule has 10 nitrogen and oxygen atoms in total. The summed E-state index contributed by atoms with van der Waals surface area (Å²) in [6.45, 7) is 7.43. The number of fused-ring (bicyclic) bond motifs is 1. The standard InChI is InChI=1S/C22H27N5O5/c1-14(2)31-22(28)25-9-7-18(8-10-25)32-21-15(3)20(23-13-24-21)26-11-6-16-12-17(27(29)30)4-5-19(16)26/h4-5,12-14,18H,6-11H2,1-3H3. The van der Waals surface area contributed by atoms with E-state index in [2.05, 4.69) is 9.97 Å². The van der Waals surface area contributed by atoms with Gasteiger partial charge in [0, 0.05) is 50.3 Å². The first-order valence-corrected chi connectivity index (χ1v) is 10.8. The van der Waals surface area contributed by atoms with Crippen LogP contribution in [0.2, 0.25) is 0 Å². The van der Waals surface area contributed by atoms with Crippen molar-refractivity contribution in [2.75, 3.05) is 24.5 Å². The summed E-state index contributed by atoms with van der Waals surface area (Å²) in [4.78, 5) is 35.3. The Kier molecular flexibility index (Phi) is 6.11. The predicted octanol–water partition coefficient (Wildman–Crippen LogP) is 3.78. The highest BCUT2D eigenvalue weighted by atomic mass is 16.6. The van der Waals surface area contributed by atoms with Crippen molar-refractivity contribution in [3.8, 4) is 5.88 Å². The Labute approximate surface area is 186 Å². The summed E-state index contributed by atoms with van der Waals surface area (Å²) in [5.74, 6) is 1.26. The number of carbonyl (C=O) groups excluding carboxylic acids is 1. The van der Waals surface area contributed by atoms with E-state index in [0.717, 1.165) is 22.6 Å². The van der Waals surface area contributed by atoms with Gasteiger partial charge in [-0.05, 0) is 38.8 Å². The zero-order chi connectivity index (χ0) is 22.8. The van der Waals surface area contributed by atoms with Gasteiger partial charge in [0.15, 0.2) is 0 Å². The number of anilines is 2. The number of nitrogens with zero attached hydrogens (tertiary/aromatic N) is 5. The molecular weight excluding hydrogens is 414 g/mol. The first-order chi connectivity index (χ1) is 15.3. The summed E-state index contributed by atoms with van der Waals surface area (Å²) in [5.41, 5.74) is 2.76. The maximum Gasteiger partial charge on any atom is 0.410 e. The lowest BCUT2D eigenvalue weighted by Gasteiger charge is -2.32. The molecule has 1 aromatic carbocycles. The lowest BCUT2D eigenvalue weighted by Crippen LogP contribution is -2.42. The van der Waals surface area contributed by atoms with Crippen LogP contribution in [0.1, 0.15) is 37.8 Å². The van der Waals surface area contributed by atoms with Gasteiger partial charge in [0.05, 0.1) is 16.6 Å². The number of non-ortho nitro benzene ring substituents is 1. The Bertz CT molecular complexity index is 1020. The van der Waals surface area contributed by atoms with E-state index in [9.17, 15) is 14.9 Å². The first kappa shape index (κ1) is 21.8. The Morgan fingerprint density at radius 2 is 1.97 bits per heavy atom. The number of ether oxygens (including phenoxy) is 2. The molecule has 2 aliphatic heterocycles. The van der Waals surface area contributed by atoms with Crippen molar-refractivity contribution in [1.29, 1.82) is 0 Å². The molecule has 0 spiro atoms. The molecule has 0 saturated carbocycles. The van der Waals surface area contributed by atoms with Crippen molar-refractivity contribution in [3.05, 3.63) is 45.8 Å². The van der Waals surface area contributed by atoms with Crippen LogP contribution >= 0.6 is 0 Å².